The Balaban J connectivity index is 2.25. The molecule has 2 atom stereocenters. The number of methoxy groups -OCH3 is 1. The molecule has 0 aliphatic heterocycles. The van der Waals surface area contributed by atoms with E-state index in [9.17, 15) is 0 Å². The van der Waals surface area contributed by atoms with Crippen molar-refractivity contribution in [2.75, 3.05) is 27.2 Å². The number of fused-ring (bicyclic) bond motifs is 1. The van der Waals surface area contributed by atoms with Gasteiger partial charge < -0.3 is 10.1 Å². The lowest BCUT2D eigenvalue weighted by Crippen LogP contribution is -2.46. The number of aryl methyl sites for hydroxylation is 1. The van der Waals surface area contributed by atoms with Crippen molar-refractivity contribution in [1.29, 1.82) is 0 Å². The highest BCUT2D eigenvalue weighted by molar-refractivity contribution is 5.40. The van der Waals surface area contributed by atoms with Crippen LogP contribution in [0.5, 0.6) is 5.75 Å². The van der Waals surface area contributed by atoms with Crippen LogP contribution < -0.4 is 10.1 Å². The van der Waals surface area contributed by atoms with E-state index in [1.807, 2.05) is 0 Å². The van der Waals surface area contributed by atoms with Crippen LogP contribution in [0.15, 0.2) is 18.2 Å². The first-order valence-electron chi connectivity index (χ1n) is 8.33. The molecule has 3 nitrogen and oxygen atoms in total. The van der Waals surface area contributed by atoms with Crippen LogP contribution in [0.25, 0.3) is 0 Å². The van der Waals surface area contributed by atoms with Crippen molar-refractivity contribution in [3.05, 3.63) is 29.3 Å². The molecule has 1 aliphatic rings. The van der Waals surface area contributed by atoms with Gasteiger partial charge in [0.1, 0.15) is 5.75 Å². The number of nitrogens with one attached hydrogen (secondary N) is 1. The molecule has 3 heteroatoms. The molecule has 1 N–H and O–H groups in total. The zero-order chi connectivity index (χ0) is 15.2. The van der Waals surface area contributed by atoms with E-state index < -0.39 is 0 Å². The van der Waals surface area contributed by atoms with E-state index >= 15 is 0 Å². The summed E-state index contributed by atoms with van der Waals surface area (Å²) in [5.74, 6) is 0.964. The molecule has 2 unspecified atom stereocenters. The molecule has 1 aromatic carbocycles. The van der Waals surface area contributed by atoms with Gasteiger partial charge in [-0.15, -0.1) is 0 Å². The molecule has 118 valence electrons. The van der Waals surface area contributed by atoms with Crippen molar-refractivity contribution in [3.63, 3.8) is 0 Å². The van der Waals surface area contributed by atoms with E-state index in [-0.39, 0.29) is 0 Å². The zero-order valence-corrected chi connectivity index (χ0v) is 14.0. The number of ether oxygens (including phenoxy) is 1. The van der Waals surface area contributed by atoms with Gasteiger partial charge in [-0.05, 0) is 62.7 Å². The molecule has 0 amide bonds. The molecule has 0 saturated heterocycles. The van der Waals surface area contributed by atoms with Gasteiger partial charge in [-0.2, -0.15) is 0 Å². The Labute approximate surface area is 129 Å². The molecule has 2 rings (SSSR count). The topological polar surface area (TPSA) is 24.5 Å². The van der Waals surface area contributed by atoms with E-state index in [4.69, 9.17) is 4.74 Å². The minimum atomic E-state index is 0.403. The SMILES string of the molecule is CCCCN(CC)C1CCc2ccc(OC)cc2C1NC. The molecular weight excluding hydrogens is 260 g/mol. The van der Waals surface area contributed by atoms with Gasteiger partial charge in [-0.3, -0.25) is 4.90 Å². The van der Waals surface area contributed by atoms with Crippen LogP contribution in [0.2, 0.25) is 0 Å². The minimum Gasteiger partial charge on any atom is -0.497 e. The lowest BCUT2D eigenvalue weighted by atomic mass is 9.83. The van der Waals surface area contributed by atoms with E-state index in [0.29, 0.717) is 12.1 Å². The quantitative estimate of drug-likeness (QED) is 0.833. The Morgan fingerprint density at radius 2 is 2.14 bits per heavy atom. The molecule has 0 saturated carbocycles. The van der Waals surface area contributed by atoms with Gasteiger partial charge in [0, 0.05) is 12.1 Å². The van der Waals surface area contributed by atoms with Gasteiger partial charge in [-0.25, -0.2) is 0 Å². The maximum Gasteiger partial charge on any atom is 0.119 e. The van der Waals surface area contributed by atoms with Gasteiger partial charge in [0.05, 0.1) is 7.11 Å². The zero-order valence-electron chi connectivity index (χ0n) is 14.0. The van der Waals surface area contributed by atoms with E-state index in [2.05, 4.69) is 49.3 Å². The third-order valence-corrected chi connectivity index (χ3v) is 4.77. The summed E-state index contributed by atoms with van der Waals surface area (Å²) in [4.78, 5) is 2.65. The van der Waals surface area contributed by atoms with Crippen molar-refractivity contribution >= 4 is 0 Å². The number of benzene rings is 1. The van der Waals surface area contributed by atoms with Crippen molar-refractivity contribution in [2.45, 2.75) is 51.6 Å². The third kappa shape index (κ3) is 3.58. The average Bonchev–Trinajstić information content (AvgIpc) is 2.54. The third-order valence-electron chi connectivity index (χ3n) is 4.77. The van der Waals surface area contributed by atoms with E-state index in [1.54, 1.807) is 7.11 Å². The summed E-state index contributed by atoms with van der Waals surface area (Å²) in [7, 11) is 3.83. The lowest BCUT2D eigenvalue weighted by molar-refractivity contribution is 0.148. The van der Waals surface area contributed by atoms with Gasteiger partial charge >= 0.3 is 0 Å². The van der Waals surface area contributed by atoms with Gasteiger partial charge in [0.15, 0.2) is 0 Å². The predicted molar refractivity (Wildman–Crippen MR) is 89.1 cm³/mol. The van der Waals surface area contributed by atoms with Crippen molar-refractivity contribution in [3.8, 4) is 5.75 Å². The molecule has 1 aromatic rings. The van der Waals surface area contributed by atoms with Gasteiger partial charge in [0.2, 0.25) is 0 Å². The predicted octanol–water partition coefficient (Wildman–Crippen LogP) is 3.39. The number of hydrogen-bond acceptors (Lipinski definition) is 3. The Morgan fingerprint density at radius 3 is 2.76 bits per heavy atom. The first kappa shape index (κ1) is 16.3. The van der Waals surface area contributed by atoms with Crippen molar-refractivity contribution in [1.82, 2.24) is 10.2 Å². The molecule has 21 heavy (non-hydrogen) atoms. The Bertz CT molecular complexity index is 447. The second-order valence-corrected chi connectivity index (χ2v) is 5.92. The van der Waals surface area contributed by atoms with Crippen LogP contribution in [0.4, 0.5) is 0 Å². The Morgan fingerprint density at radius 1 is 1.33 bits per heavy atom. The number of hydrogen-bond donors (Lipinski definition) is 1. The van der Waals surface area contributed by atoms with Gasteiger partial charge in [-0.1, -0.05) is 26.3 Å². The summed E-state index contributed by atoms with van der Waals surface area (Å²) in [6.45, 7) is 6.88. The highest BCUT2D eigenvalue weighted by atomic mass is 16.5. The Kier molecular flexibility index (Phi) is 6.07. The normalized spacial score (nSPS) is 21.4. The second-order valence-electron chi connectivity index (χ2n) is 5.92. The maximum absolute atomic E-state index is 5.42. The standard InChI is InChI=1S/C18H30N2O/c1-5-7-12-20(6-2)17-11-9-14-8-10-15(21-4)13-16(14)18(17)19-3/h8,10,13,17-19H,5-7,9,11-12H2,1-4H3. The van der Waals surface area contributed by atoms with Crippen molar-refractivity contribution < 1.29 is 4.74 Å². The van der Waals surface area contributed by atoms with Crippen LogP contribution in [-0.2, 0) is 6.42 Å². The van der Waals surface area contributed by atoms with Crippen LogP contribution >= 0.6 is 0 Å². The summed E-state index contributed by atoms with van der Waals surface area (Å²) in [6.07, 6.45) is 4.96. The molecular formula is C18H30N2O. The van der Waals surface area contributed by atoms with Crippen molar-refractivity contribution in [2.24, 2.45) is 0 Å². The van der Waals surface area contributed by atoms with E-state index in [0.717, 1.165) is 12.3 Å². The molecule has 0 aromatic heterocycles. The summed E-state index contributed by atoms with van der Waals surface area (Å²) < 4.78 is 5.42. The molecule has 1 aliphatic carbocycles. The molecule has 0 fully saturated rings. The lowest BCUT2D eigenvalue weighted by Gasteiger charge is -2.40. The first-order valence-corrected chi connectivity index (χ1v) is 8.33. The molecule has 0 heterocycles. The monoisotopic (exact) mass is 290 g/mol. The van der Waals surface area contributed by atoms with Crippen LogP contribution in [-0.4, -0.2) is 38.2 Å². The largest absolute Gasteiger partial charge is 0.497 e. The highest BCUT2D eigenvalue weighted by Gasteiger charge is 2.32. The van der Waals surface area contributed by atoms with Crippen LogP contribution in [0, 0.1) is 0 Å². The molecule has 0 radical (unpaired) electrons. The highest BCUT2D eigenvalue weighted by Crippen LogP contribution is 2.35. The maximum atomic E-state index is 5.42. The Hall–Kier alpha value is -1.06. The number of unbranched alkanes of at least 4 members (excludes halogenated alkanes) is 1. The van der Waals surface area contributed by atoms with E-state index in [1.165, 1.54) is 43.4 Å². The molecule has 0 bridgehead atoms. The van der Waals surface area contributed by atoms with Gasteiger partial charge in [0.25, 0.3) is 0 Å². The average molecular weight is 290 g/mol. The summed E-state index contributed by atoms with van der Waals surface area (Å²) >= 11 is 0. The number of rotatable bonds is 7. The summed E-state index contributed by atoms with van der Waals surface area (Å²) in [6, 6.07) is 7.53. The van der Waals surface area contributed by atoms with Crippen LogP contribution in [0.3, 0.4) is 0 Å². The summed E-state index contributed by atoms with van der Waals surface area (Å²) in [5, 5.41) is 3.56. The fraction of sp³-hybridized carbons (Fsp3) is 0.667. The number of likely N-dealkylation sites (N-methyl/N-ethyl adjacent to an activating group) is 2. The fourth-order valence-corrected chi connectivity index (χ4v) is 3.56. The fourth-order valence-electron chi connectivity index (χ4n) is 3.56. The van der Waals surface area contributed by atoms with Crippen LogP contribution in [0.1, 0.15) is 50.3 Å². The summed E-state index contributed by atoms with van der Waals surface area (Å²) in [5.41, 5.74) is 2.89. The minimum absolute atomic E-state index is 0.403. The molecule has 0 spiro atoms. The smallest absolute Gasteiger partial charge is 0.119 e. The first-order chi connectivity index (χ1) is 10.2. The number of nitrogens with zero attached hydrogens (tertiary/aromatic N) is 1. The second kappa shape index (κ2) is 7.81.